The highest BCUT2D eigenvalue weighted by atomic mass is 32.2. The maximum absolute atomic E-state index is 12.2. The van der Waals surface area contributed by atoms with E-state index in [9.17, 15) is 8.42 Å². The van der Waals surface area contributed by atoms with Crippen molar-refractivity contribution in [3.63, 3.8) is 0 Å². The highest BCUT2D eigenvalue weighted by molar-refractivity contribution is 7.93. The van der Waals surface area contributed by atoms with Gasteiger partial charge in [0.2, 0.25) is 0 Å². The first kappa shape index (κ1) is 14.5. The number of anilines is 1. The summed E-state index contributed by atoms with van der Waals surface area (Å²) in [5, 5.41) is 3.95. The van der Waals surface area contributed by atoms with Crippen LogP contribution in [0.2, 0.25) is 0 Å². The van der Waals surface area contributed by atoms with Gasteiger partial charge in [0, 0.05) is 17.1 Å². The third-order valence-electron chi connectivity index (χ3n) is 2.43. The quantitative estimate of drug-likeness (QED) is 0.823. The second kappa shape index (κ2) is 6.00. The largest absolute Gasteiger partial charge is 0.320 e. The molecule has 0 saturated carbocycles. The molecule has 8 heteroatoms. The number of sulfonamides is 1. The molecule has 0 atom stereocenters. The third-order valence-corrected chi connectivity index (χ3v) is 4.50. The van der Waals surface area contributed by atoms with Crippen LogP contribution in [0.3, 0.4) is 0 Å². The second-order valence-electron chi connectivity index (χ2n) is 3.87. The lowest BCUT2D eigenvalue weighted by Crippen LogP contribution is -2.12. The Hall–Kier alpha value is -1.95. The monoisotopic (exact) mass is 308 g/mol. The first-order chi connectivity index (χ1) is 9.53. The minimum Gasteiger partial charge on any atom is -0.320 e. The van der Waals surface area contributed by atoms with Crippen LogP contribution in [-0.4, -0.2) is 24.5 Å². The number of nitrogens with one attached hydrogen (secondary N) is 1. The predicted molar refractivity (Wildman–Crippen MR) is 77.8 cm³/mol. The van der Waals surface area contributed by atoms with Crippen molar-refractivity contribution in [2.24, 2.45) is 5.73 Å². The number of hydrogen-bond donors (Lipinski definition) is 2. The summed E-state index contributed by atoms with van der Waals surface area (Å²) in [7, 11) is -3.64. The van der Waals surface area contributed by atoms with Crippen LogP contribution in [0, 0.1) is 18.8 Å². The second-order valence-corrected chi connectivity index (χ2v) is 6.34. The Morgan fingerprint density at radius 2 is 2.25 bits per heavy atom. The van der Waals surface area contributed by atoms with Gasteiger partial charge < -0.3 is 5.73 Å². The molecule has 3 N–H and O–H groups in total. The summed E-state index contributed by atoms with van der Waals surface area (Å²) < 4.78 is 30.3. The molecule has 0 unspecified atom stereocenters. The van der Waals surface area contributed by atoms with Crippen LogP contribution in [0.4, 0.5) is 5.00 Å². The summed E-state index contributed by atoms with van der Waals surface area (Å²) in [4.78, 5) is 0.168. The van der Waals surface area contributed by atoms with Crippen LogP contribution < -0.4 is 10.5 Å². The van der Waals surface area contributed by atoms with Gasteiger partial charge in [-0.1, -0.05) is 16.3 Å². The van der Waals surface area contributed by atoms with Gasteiger partial charge in [0.15, 0.2) is 0 Å². The molecule has 0 aliphatic carbocycles. The van der Waals surface area contributed by atoms with Crippen LogP contribution in [-0.2, 0) is 10.0 Å². The molecule has 0 radical (unpaired) electrons. The summed E-state index contributed by atoms with van der Waals surface area (Å²) in [5.41, 5.74) is 6.84. The molecule has 2 aromatic rings. The maximum Gasteiger partial charge on any atom is 0.262 e. The SMILES string of the molecule is Cc1cc(S(=O)(=O)Nc2cnns2)ccc1C#CCN. The Morgan fingerprint density at radius 1 is 1.45 bits per heavy atom. The molecule has 0 aliphatic rings. The van der Waals surface area contributed by atoms with Crippen LogP contribution >= 0.6 is 11.5 Å². The molecule has 104 valence electrons. The minimum absolute atomic E-state index is 0.168. The first-order valence-corrected chi connectivity index (χ1v) is 7.88. The van der Waals surface area contributed by atoms with E-state index in [0.29, 0.717) is 5.00 Å². The summed E-state index contributed by atoms with van der Waals surface area (Å²) >= 11 is 0.975. The van der Waals surface area contributed by atoms with E-state index in [0.717, 1.165) is 22.7 Å². The van der Waals surface area contributed by atoms with E-state index < -0.39 is 10.0 Å². The number of nitrogens with zero attached hydrogens (tertiary/aromatic N) is 2. The zero-order valence-corrected chi connectivity index (χ0v) is 12.3. The summed E-state index contributed by atoms with van der Waals surface area (Å²) in [6, 6.07) is 4.74. The lowest BCUT2D eigenvalue weighted by molar-refractivity contribution is 0.601. The van der Waals surface area contributed by atoms with Gasteiger partial charge in [-0.05, 0) is 30.7 Å². The van der Waals surface area contributed by atoms with Crippen LogP contribution in [0.1, 0.15) is 11.1 Å². The van der Waals surface area contributed by atoms with Crippen molar-refractivity contribution >= 4 is 26.6 Å². The normalized spacial score (nSPS) is 10.7. The maximum atomic E-state index is 12.2. The van der Waals surface area contributed by atoms with E-state index in [1.165, 1.54) is 12.3 Å². The van der Waals surface area contributed by atoms with Gasteiger partial charge in [-0.15, -0.1) is 5.10 Å². The number of rotatable bonds is 3. The molecule has 2 rings (SSSR count). The van der Waals surface area contributed by atoms with Gasteiger partial charge in [-0.25, -0.2) is 8.42 Å². The van der Waals surface area contributed by atoms with E-state index in [-0.39, 0.29) is 11.4 Å². The number of nitrogens with two attached hydrogens (primary N) is 1. The molecule has 0 fully saturated rings. The standard InChI is InChI=1S/C12H12N4O2S2/c1-9-7-11(5-4-10(9)3-2-6-13)20(17,18)15-12-8-14-16-19-12/h4-5,7-8,15H,6,13H2,1H3. The third kappa shape index (κ3) is 3.33. The molecule has 0 bridgehead atoms. The van der Waals surface area contributed by atoms with E-state index in [1.54, 1.807) is 19.1 Å². The Kier molecular flexibility index (Phi) is 4.34. The number of hydrogen-bond acceptors (Lipinski definition) is 6. The van der Waals surface area contributed by atoms with E-state index >= 15 is 0 Å². The molecule has 20 heavy (non-hydrogen) atoms. The fourth-order valence-corrected chi connectivity index (χ4v) is 3.26. The highest BCUT2D eigenvalue weighted by Gasteiger charge is 2.16. The molecule has 0 amide bonds. The van der Waals surface area contributed by atoms with E-state index in [1.807, 2.05) is 0 Å². The van der Waals surface area contributed by atoms with Crippen LogP contribution in [0.15, 0.2) is 29.3 Å². The van der Waals surface area contributed by atoms with Crippen LogP contribution in [0.5, 0.6) is 0 Å². The Morgan fingerprint density at radius 3 is 2.85 bits per heavy atom. The topological polar surface area (TPSA) is 98.0 Å². The van der Waals surface area contributed by atoms with Crippen molar-refractivity contribution in [3.8, 4) is 11.8 Å². The summed E-state index contributed by atoms with van der Waals surface area (Å²) in [5.74, 6) is 5.63. The fourth-order valence-electron chi connectivity index (χ4n) is 1.49. The molecule has 0 aliphatic heterocycles. The van der Waals surface area contributed by atoms with Gasteiger partial charge in [-0.2, -0.15) is 0 Å². The van der Waals surface area contributed by atoms with Crippen LogP contribution in [0.25, 0.3) is 0 Å². The molecule has 1 aromatic heterocycles. The molecule has 6 nitrogen and oxygen atoms in total. The highest BCUT2D eigenvalue weighted by Crippen LogP contribution is 2.19. The lowest BCUT2D eigenvalue weighted by Gasteiger charge is -2.07. The molecule has 0 spiro atoms. The lowest BCUT2D eigenvalue weighted by atomic mass is 10.1. The molecular formula is C12H12N4O2S2. The van der Waals surface area contributed by atoms with Crippen molar-refractivity contribution in [1.82, 2.24) is 9.59 Å². The van der Waals surface area contributed by atoms with Crippen molar-refractivity contribution in [1.29, 1.82) is 0 Å². The minimum atomic E-state index is -3.64. The molecule has 0 saturated heterocycles. The van der Waals surface area contributed by atoms with Gasteiger partial charge in [-0.3, -0.25) is 4.72 Å². The number of benzene rings is 1. The summed E-state index contributed by atoms with van der Waals surface area (Å²) in [6.07, 6.45) is 1.36. The Labute approximate surface area is 121 Å². The fraction of sp³-hybridized carbons (Fsp3) is 0.167. The van der Waals surface area contributed by atoms with Crippen molar-refractivity contribution in [2.75, 3.05) is 11.3 Å². The van der Waals surface area contributed by atoms with Gasteiger partial charge in [0.25, 0.3) is 10.0 Å². The van der Waals surface area contributed by atoms with Gasteiger partial charge >= 0.3 is 0 Å². The zero-order valence-electron chi connectivity index (χ0n) is 10.6. The van der Waals surface area contributed by atoms with E-state index in [4.69, 9.17) is 5.73 Å². The number of aromatic nitrogens is 2. The average molecular weight is 308 g/mol. The van der Waals surface area contributed by atoms with Crippen molar-refractivity contribution in [2.45, 2.75) is 11.8 Å². The Bertz CT molecular complexity index is 758. The number of aryl methyl sites for hydroxylation is 1. The summed E-state index contributed by atoms with van der Waals surface area (Å²) in [6.45, 7) is 2.06. The Balaban J connectivity index is 2.31. The molecule has 1 heterocycles. The molecule has 1 aromatic carbocycles. The van der Waals surface area contributed by atoms with Crippen molar-refractivity contribution in [3.05, 3.63) is 35.5 Å². The smallest absolute Gasteiger partial charge is 0.262 e. The molecular weight excluding hydrogens is 296 g/mol. The van der Waals surface area contributed by atoms with Crippen molar-refractivity contribution < 1.29 is 8.42 Å². The average Bonchev–Trinajstić information content (AvgIpc) is 2.89. The van der Waals surface area contributed by atoms with Gasteiger partial charge in [0.1, 0.15) is 5.00 Å². The van der Waals surface area contributed by atoms with E-state index in [2.05, 4.69) is 26.1 Å². The zero-order chi connectivity index (χ0) is 14.6. The first-order valence-electron chi connectivity index (χ1n) is 5.62. The van der Waals surface area contributed by atoms with Gasteiger partial charge in [0.05, 0.1) is 17.6 Å². The predicted octanol–water partition coefficient (Wildman–Crippen LogP) is 0.958.